The van der Waals surface area contributed by atoms with Crippen molar-refractivity contribution in [1.29, 1.82) is 0 Å². The van der Waals surface area contributed by atoms with Gasteiger partial charge in [-0.1, -0.05) is 18.2 Å². The second-order valence-electron chi connectivity index (χ2n) is 6.04. The van der Waals surface area contributed by atoms with E-state index in [0.717, 1.165) is 18.6 Å². The first-order chi connectivity index (χ1) is 9.20. The fraction of sp³-hybridized carbons (Fsp3) is 0.625. The molecule has 4 atom stereocenters. The summed E-state index contributed by atoms with van der Waals surface area (Å²) < 4.78 is 5.47. The Morgan fingerprint density at radius 2 is 2.11 bits per heavy atom. The van der Waals surface area contributed by atoms with Crippen LogP contribution in [0.25, 0.3) is 0 Å². The summed E-state index contributed by atoms with van der Waals surface area (Å²) in [4.78, 5) is 2.56. The summed E-state index contributed by atoms with van der Waals surface area (Å²) in [5, 5.41) is 0. The zero-order valence-corrected chi connectivity index (χ0v) is 11.9. The molecule has 19 heavy (non-hydrogen) atoms. The number of para-hydroxylation sites is 1. The fourth-order valence-electron chi connectivity index (χ4n) is 4.03. The van der Waals surface area contributed by atoms with Gasteiger partial charge in [0.15, 0.2) is 0 Å². The second kappa shape index (κ2) is 5.14. The van der Waals surface area contributed by atoms with Crippen LogP contribution in [-0.4, -0.2) is 37.2 Å². The van der Waals surface area contributed by atoms with Gasteiger partial charge in [0.2, 0.25) is 0 Å². The third kappa shape index (κ3) is 2.26. The molecule has 4 unspecified atom stereocenters. The molecular formula is C16H24N2O. The Bertz CT molecular complexity index is 448. The van der Waals surface area contributed by atoms with Gasteiger partial charge in [0, 0.05) is 18.1 Å². The fourth-order valence-corrected chi connectivity index (χ4v) is 4.03. The molecule has 2 aliphatic rings. The lowest BCUT2D eigenvalue weighted by molar-refractivity contribution is 0.101. The molecule has 0 amide bonds. The topological polar surface area (TPSA) is 38.5 Å². The Balaban J connectivity index is 1.81. The van der Waals surface area contributed by atoms with E-state index in [-0.39, 0.29) is 0 Å². The number of nitrogens with zero attached hydrogens (tertiary/aromatic N) is 1. The van der Waals surface area contributed by atoms with Gasteiger partial charge in [0.05, 0.1) is 7.11 Å². The van der Waals surface area contributed by atoms with Crippen LogP contribution >= 0.6 is 0 Å². The third-order valence-electron chi connectivity index (χ3n) is 5.13. The average molecular weight is 260 g/mol. The standard InChI is InChI=1S/C16H24N2O/c1-18-12-7-8-15(18)13(14(17)10-12)9-11-5-3-4-6-16(11)19-2/h3-6,12-15H,7-10,17H2,1-2H3. The normalized spacial score (nSPS) is 34.5. The summed E-state index contributed by atoms with van der Waals surface area (Å²) in [6.07, 6.45) is 4.80. The lowest BCUT2D eigenvalue weighted by Crippen LogP contribution is -2.53. The summed E-state index contributed by atoms with van der Waals surface area (Å²) >= 11 is 0. The smallest absolute Gasteiger partial charge is 0.122 e. The number of hydrogen-bond acceptors (Lipinski definition) is 3. The van der Waals surface area contributed by atoms with Crippen molar-refractivity contribution in [2.24, 2.45) is 11.7 Å². The number of piperidine rings is 1. The molecule has 3 rings (SSSR count). The van der Waals surface area contributed by atoms with E-state index in [1.54, 1.807) is 7.11 Å². The van der Waals surface area contributed by atoms with Gasteiger partial charge in [-0.15, -0.1) is 0 Å². The number of methoxy groups -OCH3 is 1. The molecule has 2 saturated heterocycles. The molecule has 3 nitrogen and oxygen atoms in total. The number of nitrogens with two attached hydrogens (primary N) is 1. The van der Waals surface area contributed by atoms with E-state index in [2.05, 4.69) is 24.1 Å². The van der Waals surface area contributed by atoms with Crippen molar-refractivity contribution in [3.63, 3.8) is 0 Å². The molecule has 1 aromatic rings. The summed E-state index contributed by atoms with van der Waals surface area (Å²) in [5.41, 5.74) is 7.73. The second-order valence-corrected chi connectivity index (χ2v) is 6.04. The molecule has 3 heteroatoms. The number of rotatable bonds is 3. The van der Waals surface area contributed by atoms with Crippen molar-refractivity contribution in [1.82, 2.24) is 4.90 Å². The van der Waals surface area contributed by atoms with Crippen molar-refractivity contribution in [3.8, 4) is 5.75 Å². The molecule has 0 spiro atoms. The first-order valence-corrected chi connectivity index (χ1v) is 7.30. The van der Waals surface area contributed by atoms with Gasteiger partial charge in [0.1, 0.15) is 5.75 Å². The van der Waals surface area contributed by atoms with E-state index in [4.69, 9.17) is 10.5 Å². The van der Waals surface area contributed by atoms with Gasteiger partial charge in [-0.25, -0.2) is 0 Å². The molecule has 0 radical (unpaired) electrons. The van der Waals surface area contributed by atoms with E-state index >= 15 is 0 Å². The van der Waals surface area contributed by atoms with E-state index in [0.29, 0.717) is 24.0 Å². The van der Waals surface area contributed by atoms with Crippen LogP contribution in [-0.2, 0) is 6.42 Å². The predicted molar refractivity (Wildman–Crippen MR) is 77.4 cm³/mol. The zero-order chi connectivity index (χ0) is 13.4. The van der Waals surface area contributed by atoms with Crippen LogP contribution in [0.15, 0.2) is 24.3 Å². The molecule has 2 aliphatic heterocycles. The molecular weight excluding hydrogens is 236 g/mol. The Morgan fingerprint density at radius 3 is 2.89 bits per heavy atom. The van der Waals surface area contributed by atoms with Crippen molar-refractivity contribution in [3.05, 3.63) is 29.8 Å². The van der Waals surface area contributed by atoms with E-state index in [1.165, 1.54) is 18.4 Å². The zero-order valence-electron chi connectivity index (χ0n) is 11.9. The van der Waals surface area contributed by atoms with Crippen LogP contribution in [0.3, 0.4) is 0 Å². The molecule has 2 fully saturated rings. The van der Waals surface area contributed by atoms with Crippen LogP contribution in [0.1, 0.15) is 24.8 Å². The average Bonchev–Trinajstić information content (AvgIpc) is 2.68. The molecule has 2 bridgehead atoms. The van der Waals surface area contributed by atoms with Crippen LogP contribution in [0.4, 0.5) is 0 Å². The minimum absolute atomic E-state index is 0.332. The Labute approximate surface area is 115 Å². The quantitative estimate of drug-likeness (QED) is 0.904. The summed E-state index contributed by atoms with van der Waals surface area (Å²) in [6, 6.07) is 10.0. The molecule has 2 heterocycles. The molecule has 1 aromatic carbocycles. The SMILES string of the molecule is COc1ccccc1CC1C(N)CC2CCC1N2C. The van der Waals surface area contributed by atoms with Gasteiger partial charge in [-0.2, -0.15) is 0 Å². The molecule has 2 N–H and O–H groups in total. The van der Waals surface area contributed by atoms with E-state index in [1.807, 2.05) is 12.1 Å². The first-order valence-electron chi connectivity index (χ1n) is 7.30. The van der Waals surface area contributed by atoms with E-state index < -0.39 is 0 Å². The molecule has 104 valence electrons. The van der Waals surface area contributed by atoms with E-state index in [9.17, 15) is 0 Å². The maximum atomic E-state index is 6.43. The van der Waals surface area contributed by atoms with Gasteiger partial charge in [-0.05, 0) is 50.3 Å². The van der Waals surface area contributed by atoms with Gasteiger partial charge >= 0.3 is 0 Å². The number of fused-ring (bicyclic) bond motifs is 2. The highest BCUT2D eigenvalue weighted by molar-refractivity contribution is 5.34. The summed E-state index contributed by atoms with van der Waals surface area (Å²) in [6.45, 7) is 0. The number of benzene rings is 1. The Kier molecular flexibility index (Phi) is 3.50. The highest BCUT2D eigenvalue weighted by Gasteiger charge is 2.44. The van der Waals surface area contributed by atoms with Crippen LogP contribution in [0, 0.1) is 5.92 Å². The van der Waals surface area contributed by atoms with Crippen molar-refractivity contribution >= 4 is 0 Å². The van der Waals surface area contributed by atoms with Crippen LogP contribution in [0.5, 0.6) is 5.75 Å². The van der Waals surface area contributed by atoms with Crippen LogP contribution in [0.2, 0.25) is 0 Å². The Morgan fingerprint density at radius 1 is 1.32 bits per heavy atom. The van der Waals surface area contributed by atoms with Gasteiger partial charge in [-0.3, -0.25) is 0 Å². The van der Waals surface area contributed by atoms with Crippen molar-refractivity contribution < 1.29 is 4.74 Å². The first kappa shape index (κ1) is 12.9. The molecule has 0 aromatic heterocycles. The molecule has 0 saturated carbocycles. The lowest BCUT2D eigenvalue weighted by Gasteiger charge is -2.41. The van der Waals surface area contributed by atoms with Crippen LogP contribution < -0.4 is 10.5 Å². The minimum atomic E-state index is 0.332. The maximum Gasteiger partial charge on any atom is 0.122 e. The third-order valence-corrected chi connectivity index (χ3v) is 5.13. The highest BCUT2D eigenvalue weighted by atomic mass is 16.5. The summed E-state index contributed by atoms with van der Waals surface area (Å²) in [7, 11) is 4.01. The van der Waals surface area contributed by atoms with Crippen molar-refractivity contribution in [2.45, 2.75) is 43.8 Å². The van der Waals surface area contributed by atoms with Gasteiger partial charge in [0.25, 0.3) is 0 Å². The van der Waals surface area contributed by atoms with Gasteiger partial charge < -0.3 is 15.4 Å². The predicted octanol–water partition coefficient (Wildman–Crippen LogP) is 2.05. The summed E-state index contributed by atoms with van der Waals surface area (Å²) in [5.74, 6) is 1.55. The monoisotopic (exact) mass is 260 g/mol. The molecule has 0 aliphatic carbocycles. The van der Waals surface area contributed by atoms with Crippen molar-refractivity contribution in [2.75, 3.05) is 14.2 Å². The lowest BCUT2D eigenvalue weighted by atomic mass is 9.81. The maximum absolute atomic E-state index is 6.43. The highest BCUT2D eigenvalue weighted by Crippen LogP contribution is 2.39. The number of hydrogen-bond donors (Lipinski definition) is 1. The largest absolute Gasteiger partial charge is 0.496 e. The Hall–Kier alpha value is -1.06. The minimum Gasteiger partial charge on any atom is -0.496 e. The number of ether oxygens (including phenoxy) is 1.